The van der Waals surface area contributed by atoms with E-state index in [-0.39, 0.29) is 0 Å². The van der Waals surface area contributed by atoms with E-state index < -0.39 is 17.7 Å². The number of alkyl halides is 3. The number of carbonyl (C=O) groups is 1. The van der Waals surface area contributed by atoms with Gasteiger partial charge in [0.2, 0.25) is 0 Å². The Morgan fingerprint density at radius 1 is 1.37 bits per heavy atom. The van der Waals surface area contributed by atoms with Crippen molar-refractivity contribution in [1.29, 1.82) is 0 Å². The first kappa shape index (κ1) is 14.0. The molecule has 0 atom stereocenters. The summed E-state index contributed by atoms with van der Waals surface area (Å²) in [5.41, 5.74) is -0.344. The van der Waals surface area contributed by atoms with Crippen LogP contribution in [-0.2, 0) is 0 Å². The molecule has 1 aromatic heterocycles. The zero-order valence-electron chi connectivity index (χ0n) is 8.95. The third kappa shape index (κ3) is 2.95. The second-order valence-corrected chi connectivity index (χ2v) is 4.74. The van der Waals surface area contributed by atoms with Crippen LogP contribution in [0, 0.1) is 0 Å². The summed E-state index contributed by atoms with van der Waals surface area (Å²) in [6.07, 6.45) is -4.06. The molecule has 0 aliphatic carbocycles. The van der Waals surface area contributed by atoms with Crippen molar-refractivity contribution in [2.24, 2.45) is 0 Å². The van der Waals surface area contributed by atoms with Gasteiger partial charge in [0.15, 0.2) is 5.69 Å². The summed E-state index contributed by atoms with van der Waals surface area (Å²) in [5.74, 6) is -2.04. The lowest BCUT2D eigenvalue weighted by molar-refractivity contribution is -0.0888. The van der Waals surface area contributed by atoms with E-state index in [2.05, 4.69) is 26.2 Å². The van der Waals surface area contributed by atoms with Gasteiger partial charge in [-0.05, 0) is 34.1 Å². The first-order valence-electron chi connectivity index (χ1n) is 4.78. The highest BCUT2D eigenvalue weighted by Crippen LogP contribution is 2.25. The molecule has 2 rings (SSSR count). The fraction of sp³-hybridized carbons (Fsp3) is 0.100. The maximum absolute atomic E-state index is 12.2. The number of halogens is 5. The van der Waals surface area contributed by atoms with Crippen LogP contribution in [0.3, 0.4) is 0 Å². The minimum absolute atomic E-state index is 0.421. The fourth-order valence-electron chi connectivity index (χ4n) is 1.27. The number of rotatable bonds is 2. The molecule has 0 aliphatic heterocycles. The number of hydrogen-bond donors (Lipinski definition) is 0. The van der Waals surface area contributed by atoms with E-state index in [4.69, 9.17) is 11.6 Å². The van der Waals surface area contributed by atoms with Gasteiger partial charge in [-0.2, -0.15) is 13.2 Å². The Hall–Kier alpha value is -1.41. The lowest BCUT2D eigenvalue weighted by Crippen LogP contribution is -2.23. The molecule has 0 saturated carbocycles. The second-order valence-electron chi connectivity index (χ2n) is 3.47. The Balaban J connectivity index is 2.36. The van der Waals surface area contributed by atoms with Crippen molar-refractivity contribution >= 4 is 33.3 Å². The van der Waals surface area contributed by atoms with Gasteiger partial charge in [-0.15, -0.1) is 5.10 Å². The molecule has 1 heterocycles. The van der Waals surface area contributed by atoms with E-state index in [0.29, 0.717) is 15.2 Å². The number of carbonyl (C=O) groups excluding carboxylic acids is 1. The minimum Gasteiger partial charge on any atom is -0.282 e. The van der Waals surface area contributed by atoms with Crippen LogP contribution in [0.2, 0.25) is 5.02 Å². The van der Waals surface area contributed by atoms with Gasteiger partial charge in [-0.3, -0.25) is 4.79 Å². The Morgan fingerprint density at radius 3 is 2.63 bits per heavy atom. The summed E-state index contributed by atoms with van der Waals surface area (Å²) in [5, 5.41) is 7.12. The monoisotopic (exact) mass is 353 g/mol. The summed E-state index contributed by atoms with van der Waals surface area (Å²) in [6, 6.07) is 4.61. The zero-order chi connectivity index (χ0) is 14.2. The van der Waals surface area contributed by atoms with Crippen LogP contribution >= 0.6 is 27.5 Å². The minimum atomic E-state index is -4.97. The van der Waals surface area contributed by atoms with Crippen LogP contribution in [0.1, 0.15) is 10.5 Å². The van der Waals surface area contributed by atoms with Crippen molar-refractivity contribution in [2.75, 3.05) is 0 Å². The van der Waals surface area contributed by atoms with Gasteiger partial charge < -0.3 is 0 Å². The van der Waals surface area contributed by atoms with Gasteiger partial charge in [0.25, 0.3) is 5.78 Å². The molecule has 0 aliphatic rings. The first-order valence-corrected chi connectivity index (χ1v) is 5.95. The third-order valence-corrected chi connectivity index (χ3v) is 3.37. The molecular formula is C10H4BrClF3N3O. The summed E-state index contributed by atoms with van der Waals surface area (Å²) in [6.45, 7) is 0. The van der Waals surface area contributed by atoms with E-state index in [1.807, 2.05) is 0 Å². The average Bonchev–Trinajstić information content (AvgIpc) is 2.79. The van der Waals surface area contributed by atoms with Crippen LogP contribution in [-0.4, -0.2) is 27.0 Å². The van der Waals surface area contributed by atoms with Crippen molar-refractivity contribution in [2.45, 2.75) is 6.18 Å². The summed E-state index contributed by atoms with van der Waals surface area (Å²) in [7, 11) is 0. The lowest BCUT2D eigenvalue weighted by Gasteiger charge is -2.02. The standard InChI is InChI=1S/C10H4BrClF3N3O/c11-6-3-5(1-2-7(6)12)18-4-8(16-17-18)9(19)10(13,14)15/h1-4H. The SMILES string of the molecule is O=C(c1cn(-c2ccc(Cl)c(Br)c2)nn1)C(F)(F)F. The van der Waals surface area contributed by atoms with Gasteiger partial charge >= 0.3 is 6.18 Å². The maximum Gasteiger partial charge on any atom is 0.456 e. The van der Waals surface area contributed by atoms with E-state index in [9.17, 15) is 18.0 Å². The molecule has 0 unspecified atom stereocenters. The Labute approximate surface area is 118 Å². The predicted octanol–water partition coefficient (Wildman–Crippen LogP) is 3.43. The molecule has 0 N–H and O–H groups in total. The summed E-state index contributed by atoms with van der Waals surface area (Å²) >= 11 is 8.96. The molecule has 0 amide bonds. The Kier molecular flexibility index (Phi) is 3.64. The molecule has 0 bridgehead atoms. The van der Waals surface area contributed by atoms with Crippen molar-refractivity contribution in [3.8, 4) is 5.69 Å². The molecule has 2 aromatic rings. The van der Waals surface area contributed by atoms with Crippen molar-refractivity contribution in [3.05, 3.63) is 39.6 Å². The van der Waals surface area contributed by atoms with Crippen molar-refractivity contribution in [3.63, 3.8) is 0 Å². The zero-order valence-corrected chi connectivity index (χ0v) is 11.3. The summed E-state index contributed by atoms with van der Waals surface area (Å²) in [4.78, 5) is 11.0. The Morgan fingerprint density at radius 2 is 2.05 bits per heavy atom. The Bertz CT molecular complexity index is 641. The normalized spacial score (nSPS) is 11.6. The van der Waals surface area contributed by atoms with Crippen LogP contribution in [0.25, 0.3) is 5.69 Å². The summed E-state index contributed by atoms with van der Waals surface area (Å²) < 4.78 is 38.2. The van der Waals surface area contributed by atoms with Crippen LogP contribution in [0.5, 0.6) is 0 Å². The smallest absolute Gasteiger partial charge is 0.282 e. The molecule has 0 saturated heterocycles. The number of aromatic nitrogens is 3. The first-order chi connectivity index (χ1) is 8.79. The molecular weight excluding hydrogens is 350 g/mol. The predicted molar refractivity (Wildman–Crippen MR) is 64.5 cm³/mol. The molecule has 9 heteroatoms. The van der Waals surface area contributed by atoms with Gasteiger partial charge in [0.05, 0.1) is 16.9 Å². The number of benzene rings is 1. The number of nitrogens with zero attached hydrogens (tertiary/aromatic N) is 3. The maximum atomic E-state index is 12.2. The van der Waals surface area contributed by atoms with E-state index in [1.165, 1.54) is 12.1 Å². The van der Waals surface area contributed by atoms with Gasteiger partial charge in [0.1, 0.15) is 0 Å². The fourth-order valence-corrected chi connectivity index (χ4v) is 1.75. The quantitative estimate of drug-likeness (QED) is 0.776. The number of ketones is 1. The largest absolute Gasteiger partial charge is 0.456 e. The van der Waals surface area contributed by atoms with Crippen molar-refractivity contribution in [1.82, 2.24) is 15.0 Å². The van der Waals surface area contributed by atoms with E-state index in [0.717, 1.165) is 10.9 Å². The molecule has 0 fully saturated rings. The van der Waals surface area contributed by atoms with Gasteiger partial charge in [0, 0.05) is 4.47 Å². The highest BCUT2D eigenvalue weighted by Gasteiger charge is 2.41. The number of hydrogen-bond acceptors (Lipinski definition) is 3. The highest BCUT2D eigenvalue weighted by molar-refractivity contribution is 9.10. The van der Waals surface area contributed by atoms with E-state index in [1.54, 1.807) is 6.07 Å². The molecule has 4 nitrogen and oxygen atoms in total. The second kappa shape index (κ2) is 4.93. The molecule has 0 radical (unpaired) electrons. The average molecular weight is 355 g/mol. The highest BCUT2D eigenvalue weighted by atomic mass is 79.9. The molecule has 0 spiro atoms. The van der Waals surface area contributed by atoms with Crippen molar-refractivity contribution < 1.29 is 18.0 Å². The van der Waals surface area contributed by atoms with Gasteiger partial charge in [-0.1, -0.05) is 16.8 Å². The number of Topliss-reactive ketones (excluding diaryl/α,β-unsaturated/α-hetero) is 1. The topological polar surface area (TPSA) is 47.8 Å². The van der Waals surface area contributed by atoms with Gasteiger partial charge in [-0.25, -0.2) is 4.68 Å². The lowest BCUT2D eigenvalue weighted by atomic mass is 10.3. The van der Waals surface area contributed by atoms with Crippen LogP contribution in [0.15, 0.2) is 28.9 Å². The van der Waals surface area contributed by atoms with Crippen LogP contribution in [0.4, 0.5) is 13.2 Å². The molecule has 100 valence electrons. The molecule has 1 aromatic carbocycles. The van der Waals surface area contributed by atoms with E-state index >= 15 is 0 Å². The van der Waals surface area contributed by atoms with Crippen LogP contribution < -0.4 is 0 Å². The third-order valence-electron chi connectivity index (χ3n) is 2.15. The molecule has 19 heavy (non-hydrogen) atoms.